The van der Waals surface area contributed by atoms with E-state index in [9.17, 15) is 4.39 Å². The molecule has 2 heteroatoms. The van der Waals surface area contributed by atoms with Crippen LogP contribution < -0.4 is 0 Å². The molecule has 0 unspecified atom stereocenters. The molecule has 0 saturated carbocycles. The van der Waals surface area contributed by atoms with Crippen LogP contribution >= 0.6 is 0 Å². The van der Waals surface area contributed by atoms with E-state index < -0.39 is 6.10 Å². The van der Waals surface area contributed by atoms with E-state index >= 15 is 0 Å². The van der Waals surface area contributed by atoms with Gasteiger partial charge in [0.1, 0.15) is 5.82 Å². The summed E-state index contributed by atoms with van der Waals surface area (Å²) in [6.07, 6.45) is 0.583. The van der Waals surface area contributed by atoms with Crippen LogP contribution in [0.2, 0.25) is 0 Å². The van der Waals surface area contributed by atoms with Gasteiger partial charge in [0.05, 0.1) is 6.10 Å². The first-order valence-electron chi connectivity index (χ1n) is 3.30. The van der Waals surface area contributed by atoms with Crippen LogP contribution in [0.25, 0.3) is 0 Å². The number of benzene rings is 1. The molecule has 0 heterocycles. The highest BCUT2D eigenvalue weighted by Gasteiger charge is 2.01. The molecule has 11 heavy (non-hydrogen) atoms. The van der Waals surface area contributed by atoms with E-state index in [2.05, 4.69) is 6.58 Å². The van der Waals surface area contributed by atoms with Gasteiger partial charge in [-0.15, -0.1) is 6.58 Å². The zero-order valence-electron chi connectivity index (χ0n) is 6.00. The third kappa shape index (κ3) is 1.88. The number of rotatable bonds is 2. The lowest BCUT2D eigenvalue weighted by Crippen LogP contribution is -1.92. The molecule has 1 rings (SSSR count). The highest BCUT2D eigenvalue weighted by atomic mass is 19.1. The summed E-state index contributed by atoms with van der Waals surface area (Å²) < 4.78 is 12.5. The Labute approximate surface area is 64.8 Å². The van der Waals surface area contributed by atoms with Crippen LogP contribution in [0.4, 0.5) is 4.39 Å². The van der Waals surface area contributed by atoms with Crippen LogP contribution in [0.5, 0.6) is 0 Å². The van der Waals surface area contributed by atoms with Crippen molar-refractivity contribution < 1.29 is 9.50 Å². The molecule has 1 aromatic carbocycles. The first-order valence-corrected chi connectivity index (χ1v) is 3.30. The van der Waals surface area contributed by atoms with Crippen LogP contribution in [0, 0.1) is 5.82 Å². The van der Waals surface area contributed by atoms with E-state index in [4.69, 9.17) is 5.11 Å². The Kier molecular flexibility index (Phi) is 2.39. The molecule has 0 saturated heterocycles. The van der Waals surface area contributed by atoms with Crippen molar-refractivity contribution in [1.82, 2.24) is 0 Å². The topological polar surface area (TPSA) is 20.2 Å². The van der Waals surface area contributed by atoms with Gasteiger partial charge in [-0.25, -0.2) is 4.39 Å². The van der Waals surface area contributed by atoms with Crippen molar-refractivity contribution in [3.05, 3.63) is 48.3 Å². The maximum Gasteiger partial charge on any atom is 0.123 e. The van der Waals surface area contributed by atoms with E-state index in [1.807, 2.05) is 0 Å². The van der Waals surface area contributed by atoms with Gasteiger partial charge in [0.25, 0.3) is 0 Å². The normalized spacial score (nSPS) is 12.5. The highest BCUT2D eigenvalue weighted by Crippen LogP contribution is 2.13. The summed E-state index contributed by atoms with van der Waals surface area (Å²) in [6.45, 7) is 3.39. The molecule has 0 amide bonds. The molecule has 1 aromatic rings. The quantitative estimate of drug-likeness (QED) is 0.643. The van der Waals surface area contributed by atoms with E-state index in [1.165, 1.54) is 18.2 Å². The van der Waals surface area contributed by atoms with Crippen molar-refractivity contribution >= 4 is 0 Å². The number of aliphatic hydroxyl groups excluding tert-OH is 1. The lowest BCUT2D eigenvalue weighted by atomic mass is 10.1. The van der Waals surface area contributed by atoms with Crippen LogP contribution in [0.3, 0.4) is 0 Å². The molecule has 1 N–H and O–H groups in total. The van der Waals surface area contributed by atoms with Crippen molar-refractivity contribution in [3.63, 3.8) is 0 Å². The molecular formula is C9H9FO. The van der Waals surface area contributed by atoms with Crippen LogP contribution in [-0.2, 0) is 0 Å². The van der Waals surface area contributed by atoms with E-state index in [0.29, 0.717) is 5.56 Å². The van der Waals surface area contributed by atoms with Crippen molar-refractivity contribution in [1.29, 1.82) is 0 Å². The Morgan fingerprint density at radius 1 is 1.55 bits per heavy atom. The molecule has 0 aliphatic carbocycles. The molecule has 0 aliphatic rings. The second-order valence-electron chi connectivity index (χ2n) is 2.24. The minimum atomic E-state index is -0.773. The summed E-state index contributed by atoms with van der Waals surface area (Å²) in [5.41, 5.74) is 0.528. The molecule has 58 valence electrons. The summed E-state index contributed by atoms with van der Waals surface area (Å²) in [4.78, 5) is 0. The molecule has 0 aromatic heterocycles. The maximum atomic E-state index is 12.5. The van der Waals surface area contributed by atoms with Gasteiger partial charge in [0.2, 0.25) is 0 Å². The first-order chi connectivity index (χ1) is 5.24. The third-order valence-electron chi connectivity index (χ3n) is 1.41. The van der Waals surface area contributed by atoms with Crippen molar-refractivity contribution in [2.45, 2.75) is 6.10 Å². The van der Waals surface area contributed by atoms with Crippen LogP contribution in [0.15, 0.2) is 36.9 Å². The lowest BCUT2D eigenvalue weighted by Gasteiger charge is -2.03. The summed E-state index contributed by atoms with van der Waals surface area (Å²) in [5.74, 6) is -0.344. The van der Waals surface area contributed by atoms with Crippen LogP contribution in [0.1, 0.15) is 11.7 Å². The van der Waals surface area contributed by atoms with E-state index in [0.717, 1.165) is 0 Å². The standard InChI is InChI=1S/C9H9FO/c1-2-9(11)7-4-3-5-8(10)6-7/h2-6,9,11H,1H2/t9-/m1/s1. The third-order valence-corrected chi connectivity index (χ3v) is 1.41. The Hall–Kier alpha value is -1.15. The average molecular weight is 152 g/mol. The fourth-order valence-corrected chi connectivity index (χ4v) is 0.827. The summed E-state index contributed by atoms with van der Waals surface area (Å²) in [5, 5.41) is 9.17. The summed E-state index contributed by atoms with van der Waals surface area (Å²) >= 11 is 0. The van der Waals surface area contributed by atoms with Gasteiger partial charge in [-0.05, 0) is 17.7 Å². The highest BCUT2D eigenvalue weighted by molar-refractivity contribution is 5.21. The fourth-order valence-electron chi connectivity index (χ4n) is 0.827. The monoisotopic (exact) mass is 152 g/mol. The van der Waals surface area contributed by atoms with E-state index in [1.54, 1.807) is 12.1 Å². The molecule has 0 fully saturated rings. The number of hydrogen-bond donors (Lipinski definition) is 1. The number of aliphatic hydroxyl groups is 1. The zero-order valence-corrected chi connectivity index (χ0v) is 6.00. The van der Waals surface area contributed by atoms with Gasteiger partial charge in [0, 0.05) is 0 Å². The largest absolute Gasteiger partial charge is 0.384 e. The van der Waals surface area contributed by atoms with Gasteiger partial charge in [-0.1, -0.05) is 18.2 Å². The smallest absolute Gasteiger partial charge is 0.123 e. The molecule has 1 atom stereocenters. The van der Waals surface area contributed by atoms with E-state index in [-0.39, 0.29) is 5.82 Å². The van der Waals surface area contributed by atoms with Gasteiger partial charge in [-0.2, -0.15) is 0 Å². The van der Waals surface area contributed by atoms with Gasteiger partial charge >= 0.3 is 0 Å². The second-order valence-corrected chi connectivity index (χ2v) is 2.24. The molecule has 0 spiro atoms. The summed E-state index contributed by atoms with van der Waals surface area (Å²) in [7, 11) is 0. The lowest BCUT2D eigenvalue weighted by molar-refractivity contribution is 0.228. The molecule has 0 bridgehead atoms. The SMILES string of the molecule is C=C[C@@H](O)c1cccc(F)c1. The Morgan fingerprint density at radius 3 is 2.82 bits per heavy atom. The molecule has 0 radical (unpaired) electrons. The Balaban J connectivity index is 2.95. The van der Waals surface area contributed by atoms with Crippen molar-refractivity contribution in [3.8, 4) is 0 Å². The fraction of sp³-hybridized carbons (Fsp3) is 0.111. The Bertz CT molecular complexity index is 257. The Morgan fingerprint density at radius 2 is 2.27 bits per heavy atom. The van der Waals surface area contributed by atoms with Crippen LogP contribution in [-0.4, -0.2) is 5.11 Å². The first kappa shape index (κ1) is 7.95. The minimum absolute atomic E-state index is 0.344. The average Bonchev–Trinajstić information content (AvgIpc) is 2.03. The molecular weight excluding hydrogens is 143 g/mol. The second kappa shape index (κ2) is 3.30. The van der Waals surface area contributed by atoms with Gasteiger partial charge in [0.15, 0.2) is 0 Å². The van der Waals surface area contributed by atoms with Gasteiger partial charge < -0.3 is 5.11 Å². The van der Waals surface area contributed by atoms with Crippen molar-refractivity contribution in [2.24, 2.45) is 0 Å². The predicted molar refractivity (Wildman–Crippen MR) is 41.6 cm³/mol. The molecule has 0 aliphatic heterocycles. The maximum absolute atomic E-state index is 12.5. The summed E-state index contributed by atoms with van der Waals surface area (Å²) in [6, 6.07) is 5.82. The number of hydrogen-bond acceptors (Lipinski definition) is 1. The molecule has 1 nitrogen and oxygen atoms in total. The zero-order chi connectivity index (χ0) is 8.27. The minimum Gasteiger partial charge on any atom is -0.384 e. The van der Waals surface area contributed by atoms with Gasteiger partial charge in [-0.3, -0.25) is 0 Å². The van der Waals surface area contributed by atoms with Crippen molar-refractivity contribution in [2.75, 3.05) is 0 Å². The number of halogens is 1. The predicted octanol–water partition coefficient (Wildman–Crippen LogP) is 2.05.